The highest BCUT2D eigenvalue weighted by molar-refractivity contribution is 5.93. The summed E-state index contributed by atoms with van der Waals surface area (Å²) in [5.74, 6) is 5.51. The number of hydrazine groups is 1. The van der Waals surface area contributed by atoms with Crippen LogP contribution in [0.15, 0.2) is 24.3 Å². The maximum Gasteiger partial charge on any atom is 0.265 e. The first-order chi connectivity index (χ1) is 9.92. The molecule has 118 valence electrons. The summed E-state index contributed by atoms with van der Waals surface area (Å²) < 4.78 is 0. The molecule has 5 nitrogen and oxygen atoms in total. The highest BCUT2D eigenvalue weighted by atomic mass is 16.2. The molecule has 0 aliphatic heterocycles. The first-order valence-corrected chi connectivity index (χ1v) is 7.39. The fourth-order valence-corrected chi connectivity index (χ4v) is 2.20. The molecule has 0 aromatic heterocycles. The van der Waals surface area contributed by atoms with Gasteiger partial charge in [0, 0.05) is 31.7 Å². The minimum absolute atomic E-state index is 0.256. The summed E-state index contributed by atoms with van der Waals surface area (Å²) in [5, 5.41) is 0. The van der Waals surface area contributed by atoms with Crippen LogP contribution in [-0.2, 0) is 6.54 Å². The van der Waals surface area contributed by atoms with Crippen molar-refractivity contribution >= 4 is 5.91 Å². The van der Waals surface area contributed by atoms with E-state index < -0.39 is 0 Å². The monoisotopic (exact) mass is 292 g/mol. The molecule has 1 aromatic carbocycles. The topological polar surface area (TPSA) is 61.6 Å². The SMILES string of the molecule is CC(C)CN(CCN(C)C)Cc1ccc(C(=O)NN)cc1. The Labute approximate surface area is 128 Å². The number of hydrogen-bond donors (Lipinski definition) is 2. The molecule has 1 amide bonds. The average Bonchev–Trinajstić information content (AvgIpc) is 2.44. The van der Waals surface area contributed by atoms with Crippen molar-refractivity contribution in [1.29, 1.82) is 0 Å². The lowest BCUT2D eigenvalue weighted by Crippen LogP contribution is -2.34. The Morgan fingerprint density at radius 3 is 2.29 bits per heavy atom. The van der Waals surface area contributed by atoms with Crippen LogP contribution >= 0.6 is 0 Å². The molecule has 0 heterocycles. The van der Waals surface area contributed by atoms with Gasteiger partial charge in [-0.25, -0.2) is 5.84 Å². The Morgan fingerprint density at radius 1 is 1.19 bits per heavy atom. The molecule has 0 spiro atoms. The number of nitrogens with two attached hydrogens (primary N) is 1. The minimum atomic E-state index is -0.256. The molecule has 0 aliphatic rings. The second-order valence-corrected chi connectivity index (χ2v) is 6.10. The van der Waals surface area contributed by atoms with Crippen molar-refractivity contribution in [3.63, 3.8) is 0 Å². The van der Waals surface area contributed by atoms with Crippen LogP contribution in [0, 0.1) is 5.92 Å². The molecule has 0 bridgehead atoms. The predicted molar refractivity (Wildman–Crippen MR) is 86.8 cm³/mol. The van der Waals surface area contributed by atoms with Crippen LogP contribution in [-0.4, -0.2) is 49.4 Å². The van der Waals surface area contributed by atoms with Crippen LogP contribution in [0.3, 0.4) is 0 Å². The van der Waals surface area contributed by atoms with Gasteiger partial charge in [0.05, 0.1) is 0 Å². The van der Waals surface area contributed by atoms with Gasteiger partial charge < -0.3 is 4.90 Å². The zero-order chi connectivity index (χ0) is 15.8. The summed E-state index contributed by atoms with van der Waals surface area (Å²) in [6, 6.07) is 7.62. The quantitative estimate of drug-likeness (QED) is 0.431. The van der Waals surface area contributed by atoms with Crippen LogP contribution in [0.25, 0.3) is 0 Å². The molecule has 0 unspecified atom stereocenters. The van der Waals surface area contributed by atoms with Crippen molar-refractivity contribution < 1.29 is 4.79 Å². The number of amides is 1. The van der Waals surface area contributed by atoms with E-state index in [-0.39, 0.29) is 5.91 Å². The first kappa shape index (κ1) is 17.6. The van der Waals surface area contributed by atoms with Gasteiger partial charge in [0.15, 0.2) is 0 Å². The minimum Gasteiger partial charge on any atom is -0.308 e. The molecular formula is C16H28N4O. The molecule has 1 aromatic rings. The fraction of sp³-hybridized carbons (Fsp3) is 0.562. The van der Waals surface area contributed by atoms with Gasteiger partial charge in [0.25, 0.3) is 5.91 Å². The zero-order valence-electron chi connectivity index (χ0n) is 13.6. The average molecular weight is 292 g/mol. The molecule has 0 aliphatic carbocycles. The van der Waals surface area contributed by atoms with Gasteiger partial charge in [-0.2, -0.15) is 0 Å². The number of carbonyl (C=O) groups excluding carboxylic acids is 1. The molecule has 0 atom stereocenters. The summed E-state index contributed by atoms with van der Waals surface area (Å²) in [6.07, 6.45) is 0. The second kappa shape index (κ2) is 8.77. The third kappa shape index (κ3) is 6.71. The van der Waals surface area contributed by atoms with Crippen LogP contribution < -0.4 is 11.3 Å². The number of likely N-dealkylation sites (N-methyl/N-ethyl adjacent to an activating group) is 1. The van der Waals surface area contributed by atoms with Gasteiger partial charge >= 0.3 is 0 Å². The molecule has 21 heavy (non-hydrogen) atoms. The number of hydrogen-bond acceptors (Lipinski definition) is 4. The van der Waals surface area contributed by atoms with Crippen molar-refractivity contribution in [2.45, 2.75) is 20.4 Å². The highest BCUT2D eigenvalue weighted by Gasteiger charge is 2.09. The van der Waals surface area contributed by atoms with Crippen molar-refractivity contribution in [1.82, 2.24) is 15.2 Å². The van der Waals surface area contributed by atoms with Gasteiger partial charge in [-0.05, 0) is 37.7 Å². The molecular weight excluding hydrogens is 264 g/mol. The number of nitrogens with one attached hydrogen (secondary N) is 1. The summed E-state index contributed by atoms with van der Waals surface area (Å²) >= 11 is 0. The van der Waals surface area contributed by atoms with E-state index in [1.165, 1.54) is 5.56 Å². The third-order valence-corrected chi connectivity index (χ3v) is 3.24. The molecule has 5 heteroatoms. The number of nitrogens with zero attached hydrogens (tertiary/aromatic N) is 2. The van der Waals surface area contributed by atoms with Crippen LogP contribution in [0.1, 0.15) is 29.8 Å². The molecule has 0 saturated carbocycles. The van der Waals surface area contributed by atoms with E-state index in [4.69, 9.17) is 5.84 Å². The summed E-state index contributed by atoms with van der Waals surface area (Å²) in [5.41, 5.74) is 3.94. The fourth-order valence-electron chi connectivity index (χ4n) is 2.20. The van der Waals surface area contributed by atoms with Gasteiger partial charge in [0.2, 0.25) is 0 Å². The van der Waals surface area contributed by atoms with Crippen LogP contribution in [0.4, 0.5) is 0 Å². The van der Waals surface area contributed by atoms with Crippen molar-refractivity contribution in [2.75, 3.05) is 33.7 Å². The second-order valence-electron chi connectivity index (χ2n) is 6.10. The lowest BCUT2D eigenvalue weighted by Gasteiger charge is -2.26. The van der Waals surface area contributed by atoms with E-state index in [1.54, 1.807) is 0 Å². The van der Waals surface area contributed by atoms with E-state index in [9.17, 15) is 4.79 Å². The van der Waals surface area contributed by atoms with Crippen molar-refractivity contribution in [3.8, 4) is 0 Å². The van der Waals surface area contributed by atoms with E-state index in [2.05, 4.69) is 43.2 Å². The standard InChI is InChI=1S/C16H28N4O/c1-13(2)11-20(10-9-19(3)4)12-14-5-7-15(8-6-14)16(21)18-17/h5-8,13H,9-12,17H2,1-4H3,(H,18,21). The van der Waals surface area contributed by atoms with Gasteiger partial charge in [-0.1, -0.05) is 26.0 Å². The summed E-state index contributed by atoms with van der Waals surface area (Å²) in [4.78, 5) is 16.1. The lowest BCUT2D eigenvalue weighted by atomic mass is 10.1. The summed E-state index contributed by atoms with van der Waals surface area (Å²) in [7, 11) is 4.18. The number of rotatable bonds is 8. The van der Waals surface area contributed by atoms with Gasteiger partial charge in [-0.15, -0.1) is 0 Å². The van der Waals surface area contributed by atoms with Gasteiger partial charge in [-0.3, -0.25) is 15.1 Å². The Hall–Kier alpha value is -1.43. The van der Waals surface area contributed by atoms with Crippen molar-refractivity contribution in [3.05, 3.63) is 35.4 Å². The largest absolute Gasteiger partial charge is 0.308 e. The van der Waals surface area contributed by atoms with Crippen LogP contribution in [0.5, 0.6) is 0 Å². The van der Waals surface area contributed by atoms with E-state index in [1.807, 2.05) is 24.3 Å². The summed E-state index contributed by atoms with van der Waals surface area (Å²) in [6.45, 7) is 8.51. The Morgan fingerprint density at radius 2 is 1.81 bits per heavy atom. The molecule has 1 rings (SSSR count). The van der Waals surface area contributed by atoms with E-state index >= 15 is 0 Å². The number of benzene rings is 1. The smallest absolute Gasteiger partial charge is 0.265 e. The Bertz CT molecular complexity index is 428. The van der Waals surface area contributed by atoms with Crippen molar-refractivity contribution in [2.24, 2.45) is 11.8 Å². The highest BCUT2D eigenvalue weighted by Crippen LogP contribution is 2.09. The normalized spacial score (nSPS) is 11.4. The third-order valence-electron chi connectivity index (χ3n) is 3.24. The molecule has 0 saturated heterocycles. The maximum absolute atomic E-state index is 11.4. The van der Waals surface area contributed by atoms with E-state index in [0.29, 0.717) is 11.5 Å². The maximum atomic E-state index is 11.4. The van der Waals surface area contributed by atoms with Crippen LogP contribution in [0.2, 0.25) is 0 Å². The number of carbonyl (C=O) groups is 1. The zero-order valence-corrected chi connectivity index (χ0v) is 13.6. The lowest BCUT2D eigenvalue weighted by molar-refractivity contribution is 0.0953. The molecule has 0 fully saturated rings. The molecule has 0 radical (unpaired) electrons. The Kier molecular flexibility index (Phi) is 7.36. The van der Waals surface area contributed by atoms with Gasteiger partial charge in [0.1, 0.15) is 0 Å². The van der Waals surface area contributed by atoms with E-state index in [0.717, 1.165) is 26.2 Å². The number of nitrogen functional groups attached to an aromatic ring is 1. The molecule has 3 N–H and O–H groups in total. The Balaban J connectivity index is 2.66. The predicted octanol–water partition coefficient (Wildman–Crippen LogP) is 1.31. The first-order valence-electron chi connectivity index (χ1n) is 7.39.